The molecule has 2 amide bonds. The van der Waals surface area contributed by atoms with E-state index in [1.54, 1.807) is 43.6 Å². The van der Waals surface area contributed by atoms with E-state index >= 15 is 0 Å². The van der Waals surface area contributed by atoms with Crippen LogP contribution >= 0.6 is 11.6 Å². The van der Waals surface area contributed by atoms with Crippen molar-refractivity contribution in [3.05, 3.63) is 76.4 Å². The van der Waals surface area contributed by atoms with E-state index in [9.17, 15) is 9.59 Å². The molecule has 0 aliphatic carbocycles. The van der Waals surface area contributed by atoms with Crippen LogP contribution in [0.4, 0.5) is 0 Å². The van der Waals surface area contributed by atoms with Gasteiger partial charge in [-0.05, 0) is 55.3 Å². The molecule has 0 spiro atoms. The maximum Gasteiger partial charge on any atom is 0.279 e. The van der Waals surface area contributed by atoms with Crippen molar-refractivity contribution in [1.82, 2.24) is 4.68 Å². The number of amides is 2. The topological polar surface area (TPSA) is 51.5 Å². The van der Waals surface area contributed by atoms with Gasteiger partial charge in [-0.25, -0.2) is 0 Å². The Morgan fingerprint density at radius 3 is 2.48 bits per heavy atom. The molecule has 3 aromatic rings. The highest BCUT2D eigenvalue weighted by Crippen LogP contribution is 2.34. The lowest BCUT2D eigenvalue weighted by atomic mass is 10.1. The number of nitrogens with zero attached hydrogens (tertiary/aromatic N) is 2. The van der Waals surface area contributed by atoms with Crippen molar-refractivity contribution in [2.45, 2.75) is 13.8 Å². The molecule has 138 valence electrons. The SMILES string of the molecule is COc1ccc(-c2c(C)ccn2N(C=O)C(=O)c2ccccc2C)c(Cl)c1. The summed E-state index contributed by atoms with van der Waals surface area (Å²) in [4.78, 5) is 24.8. The van der Waals surface area contributed by atoms with Crippen LogP contribution in [0.5, 0.6) is 5.75 Å². The first-order valence-electron chi connectivity index (χ1n) is 8.34. The number of carbonyl (C=O) groups is 2. The molecule has 5 nitrogen and oxygen atoms in total. The summed E-state index contributed by atoms with van der Waals surface area (Å²) in [6.07, 6.45) is 2.19. The van der Waals surface area contributed by atoms with E-state index in [4.69, 9.17) is 16.3 Å². The molecular weight excluding hydrogens is 364 g/mol. The predicted octanol–water partition coefficient (Wildman–Crippen LogP) is 4.37. The molecule has 0 fully saturated rings. The number of aryl methyl sites for hydroxylation is 2. The molecule has 0 aliphatic rings. The normalized spacial score (nSPS) is 10.5. The Morgan fingerprint density at radius 1 is 1.11 bits per heavy atom. The van der Waals surface area contributed by atoms with E-state index < -0.39 is 5.91 Å². The van der Waals surface area contributed by atoms with E-state index in [-0.39, 0.29) is 0 Å². The molecule has 1 aromatic heterocycles. The average Bonchev–Trinajstić information content (AvgIpc) is 3.03. The van der Waals surface area contributed by atoms with Crippen LogP contribution in [-0.2, 0) is 4.79 Å². The molecule has 0 saturated heterocycles. The molecule has 0 unspecified atom stereocenters. The van der Waals surface area contributed by atoms with Crippen molar-refractivity contribution in [3.8, 4) is 17.0 Å². The predicted molar refractivity (Wildman–Crippen MR) is 106 cm³/mol. The third kappa shape index (κ3) is 3.46. The summed E-state index contributed by atoms with van der Waals surface area (Å²) in [5.74, 6) is 0.215. The number of imide groups is 1. The number of ether oxygens (including phenoxy) is 1. The Labute approximate surface area is 162 Å². The highest BCUT2D eigenvalue weighted by molar-refractivity contribution is 6.33. The quantitative estimate of drug-likeness (QED) is 0.616. The first-order chi connectivity index (χ1) is 13.0. The van der Waals surface area contributed by atoms with Gasteiger partial charge in [-0.3, -0.25) is 14.3 Å². The van der Waals surface area contributed by atoms with Gasteiger partial charge < -0.3 is 4.74 Å². The molecule has 0 aliphatic heterocycles. The largest absolute Gasteiger partial charge is 0.497 e. The Bertz CT molecular complexity index is 1010. The fourth-order valence-electron chi connectivity index (χ4n) is 2.98. The second-order valence-electron chi connectivity index (χ2n) is 6.11. The van der Waals surface area contributed by atoms with Crippen molar-refractivity contribution < 1.29 is 14.3 Å². The third-order valence-corrected chi connectivity index (χ3v) is 4.73. The number of benzene rings is 2. The molecule has 2 aromatic carbocycles. The monoisotopic (exact) mass is 382 g/mol. The number of methoxy groups -OCH3 is 1. The lowest BCUT2D eigenvalue weighted by molar-refractivity contribution is -0.108. The Balaban J connectivity index is 2.11. The van der Waals surface area contributed by atoms with Crippen molar-refractivity contribution in [2.24, 2.45) is 0 Å². The highest BCUT2D eigenvalue weighted by Gasteiger charge is 2.23. The Hall–Kier alpha value is -3.05. The number of aromatic nitrogens is 1. The summed E-state index contributed by atoms with van der Waals surface area (Å²) >= 11 is 6.43. The van der Waals surface area contributed by atoms with Gasteiger partial charge in [-0.2, -0.15) is 5.01 Å². The standard InChI is InChI=1S/C21H19ClN2O3/c1-14-6-4-5-7-17(14)21(26)24(13-25)23-11-10-15(2)20(23)18-9-8-16(27-3)12-19(18)22/h4-13H,1-3H3. The van der Waals surface area contributed by atoms with Crippen LogP contribution in [0.25, 0.3) is 11.3 Å². The van der Waals surface area contributed by atoms with Gasteiger partial charge in [-0.15, -0.1) is 0 Å². The second-order valence-corrected chi connectivity index (χ2v) is 6.51. The summed E-state index contributed by atoms with van der Waals surface area (Å²) in [6.45, 7) is 3.73. The van der Waals surface area contributed by atoms with Crippen LogP contribution in [0, 0.1) is 13.8 Å². The molecule has 3 rings (SSSR count). The van der Waals surface area contributed by atoms with E-state index in [1.807, 2.05) is 32.0 Å². The molecule has 0 bridgehead atoms. The van der Waals surface area contributed by atoms with E-state index in [1.165, 1.54) is 4.68 Å². The van der Waals surface area contributed by atoms with Crippen LogP contribution in [0.1, 0.15) is 21.5 Å². The van der Waals surface area contributed by atoms with Crippen molar-refractivity contribution in [3.63, 3.8) is 0 Å². The number of halogens is 1. The molecule has 0 N–H and O–H groups in total. The molecule has 6 heteroatoms. The number of hydrogen-bond acceptors (Lipinski definition) is 3. The van der Waals surface area contributed by atoms with Crippen molar-refractivity contribution >= 4 is 23.9 Å². The van der Waals surface area contributed by atoms with Crippen LogP contribution in [0.3, 0.4) is 0 Å². The molecule has 0 radical (unpaired) electrons. The van der Waals surface area contributed by atoms with Crippen LogP contribution in [0.2, 0.25) is 5.02 Å². The van der Waals surface area contributed by atoms with Crippen LogP contribution in [0.15, 0.2) is 54.7 Å². The summed E-state index contributed by atoms with van der Waals surface area (Å²) in [5, 5.41) is 1.51. The molecule has 0 saturated carbocycles. The molecule has 1 heterocycles. The first-order valence-corrected chi connectivity index (χ1v) is 8.72. The third-order valence-electron chi connectivity index (χ3n) is 4.42. The molecule has 0 atom stereocenters. The summed E-state index contributed by atoms with van der Waals surface area (Å²) in [7, 11) is 1.56. The van der Waals surface area contributed by atoms with Crippen LogP contribution < -0.4 is 9.75 Å². The van der Waals surface area contributed by atoms with Gasteiger partial charge >= 0.3 is 0 Å². The minimum Gasteiger partial charge on any atom is -0.497 e. The zero-order valence-corrected chi connectivity index (χ0v) is 16.0. The van der Waals surface area contributed by atoms with Gasteiger partial charge in [0.1, 0.15) is 5.75 Å². The smallest absolute Gasteiger partial charge is 0.279 e. The summed E-state index contributed by atoms with van der Waals surface area (Å²) in [6, 6.07) is 14.3. The summed E-state index contributed by atoms with van der Waals surface area (Å²) in [5.41, 5.74) is 3.50. The van der Waals surface area contributed by atoms with Gasteiger partial charge in [0, 0.05) is 17.3 Å². The maximum atomic E-state index is 13.0. The van der Waals surface area contributed by atoms with Crippen molar-refractivity contribution in [2.75, 3.05) is 12.1 Å². The van der Waals surface area contributed by atoms with E-state index in [0.29, 0.717) is 34.0 Å². The van der Waals surface area contributed by atoms with Gasteiger partial charge in [0.05, 0.1) is 17.8 Å². The molecular formula is C21H19ClN2O3. The number of rotatable bonds is 5. The Kier molecular flexibility index (Phi) is 5.33. The second kappa shape index (κ2) is 7.68. The van der Waals surface area contributed by atoms with Gasteiger partial charge in [-0.1, -0.05) is 29.8 Å². The Morgan fingerprint density at radius 2 is 1.85 bits per heavy atom. The van der Waals surface area contributed by atoms with Crippen LogP contribution in [-0.4, -0.2) is 24.1 Å². The highest BCUT2D eigenvalue weighted by atomic mass is 35.5. The van der Waals surface area contributed by atoms with Gasteiger partial charge in [0.15, 0.2) is 0 Å². The fraction of sp³-hybridized carbons (Fsp3) is 0.143. The maximum absolute atomic E-state index is 13.0. The van der Waals surface area contributed by atoms with E-state index in [2.05, 4.69) is 0 Å². The van der Waals surface area contributed by atoms with Gasteiger partial charge in [0.25, 0.3) is 5.91 Å². The van der Waals surface area contributed by atoms with E-state index in [0.717, 1.165) is 16.1 Å². The zero-order chi connectivity index (χ0) is 19.6. The molecule has 27 heavy (non-hydrogen) atoms. The minimum absolute atomic E-state index is 0.412. The average molecular weight is 383 g/mol. The zero-order valence-electron chi connectivity index (χ0n) is 15.3. The first kappa shape index (κ1) is 18.7. The minimum atomic E-state index is -0.412. The fourth-order valence-corrected chi connectivity index (χ4v) is 3.24. The van der Waals surface area contributed by atoms with Crippen molar-refractivity contribution in [1.29, 1.82) is 0 Å². The van der Waals surface area contributed by atoms with Gasteiger partial charge in [0.2, 0.25) is 6.41 Å². The lowest BCUT2D eigenvalue weighted by Gasteiger charge is -2.22. The lowest BCUT2D eigenvalue weighted by Crippen LogP contribution is -2.39. The number of hydrogen-bond donors (Lipinski definition) is 0. The number of carbonyl (C=O) groups excluding carboxylic acids is 2. The summed E-state index contributed by atoms with van der Waals surface area (Å²) < 4.78 is 6.71.